The number of benzene rings is 1. The Morgan fingerprint density at radius 3 is 2.94 bits per heavy atom. The minimum Gasteiger partial charge on any atom is -0.377 e. The number of nitrogens with two attached hydrogens (primary N) is 1. The third-order valence-corrected chi connectivity index (χ3v) is 2.32. The lowest BCUT2D eigenvalue weighted by Gasteiger charge is -2.05. The molecule has 2 N–H and O–H groups in total. The number of ether oxygens (including phenoxy) is 1. The third-order valence-electron chi connectivity index (χ3n) is 2.32. The number of carbonyl (C=O) groups is 1. The molecule has 0 spiro atoms. The van der Waals surface area contributed by atoms with Crippen LogP contribution in [0.25, 0.3) is 11.0 Å². The van der Waals surface area contributed by atoms with Crippen molar-refractivity contribution in [3.63, 3.8) is 0 Å². The fourth-order valence-electron chi connectivity index (χ4n) is 1.70. The molecule has 0 unspecified atom stereocenters. The standard InChI is InChI=1S/C11H13N3O2/c1-16-7-11-13-8-4-2-3-5-9(8)14(11)6-10(12)15/h2-5H,6-7H2,1H3,(H2,12,15). The molecule has 0 radical (unpaired) electrons. The maximum absolute atomic E-state index is 11.0. The Labute approximate surface area is 92.8 Å². The fraction of sp³-hybridized carbons (Fsp3) is 0.273. The van der Waals surface area contributed by atoms with E-state index in [0.717, 1.165) is 11.0 Å². The summed E-state index contributed by atoms with van der Waals surface area (Å²) in [5.74, 6) is 0.322. The second kappa shape index (κ2) is 4.32. The van der Waals surface area contributed by atoms with E-state index in [4.69, 9.17) is 10.5 Å². The van der Waals surface area contributed by atoms with Crippen molar-refractivity contribution < 1.29 is 9.53 Å². The summed E-state index contributed by atoms with van der Waals surface area (Å²) in [6.07, 6.45) is 0. The first kappa shape index (κ1) is 10.6. The molecule has 0 aliphatic heterocycles. The molecule has 5 heteroatoms. The van der Waals surface area contributed by atoms with Gasteiger partial charge in [0.25, 0.3) is 0 Å². The van der Waals surface area contributed by atoms with Crippen LogP contribution in [0.2, 0.25) is 0 Å². The zero-order valence-electron chi connectivity index (χ0n) is 9.01. The van der Waals surface area contributed by atoms with Gasteiger partial charge in [0.1, 0.15) is 19.0 Å². The molecule has 1 amide bonds. The van der Waals surface area contributed by atoms with E-state index >= 15 is 0 Å². The van der Waals surface area contributed by atoms with Crippen LogP contribution in [0.15, 0.2) is 24.3 Å². The first-order valence-corrected chi connectivity index (χ1v) is 4.93. The number of para-hydroxylation sites is 2. The highest BCUT2D eigenvalue weighted by molar-refractivity contribution is 5.80. The minimum absolute atomic E-state index is 0.124. The highest BCUT2D eigenvalue weighted by Gasteiger charge is 2.11. The number of amides is 1. The van der Waals surface area contributed by atoms with Gasteiger partial charge in [-0.25, -0.2) is 4.98 Å². The molecule has 16 heavy (non-hydrogen) atoms. The van der Waals surface area contributed by atoms with Crippen molar-refractivity contribution in [2.75, 3.05) is 7.11 Å². The number of methoxy groups -OCH3 is 1. The molecule has 2 aromatic rings. The van der Waals surface area contributed by atoms with Crippen LogP contribution < -0.4 is 5.73 Å². The van der Waals surface area contributed by atoms with Gasteiger partial charge in [0.05, 0.1) is 11.0 Å². The van der Waals surface area contributed by atoms with E-state index in [-0.39, 0.29) is 12.5 Å². The molecule has 1 aromatic heterocycles. The molecule has 0 bridgehead atoms. The zero-order chi connectivity index (χ0) is 11.5. The van der Waals surface area contributed by atoms with Crippen LogP contribution in [0.1, 0.15) is 5.82 Å². The number of rotatable bonds is 4. The van der Waals surface area contributed by atoms with Gasteiger partial charge in [-0.15, -0.1) is 0 Å². The van der Waals surface area contributed by atoms with Crippen molar-refractivity contribution in [2.45, 2.75) is 13.2 Å². The smallest absolute Gasteiger partial charge is 0.237 e. The molecule has 0 saturated carbocycles. The Morgan fingerprint density at radius 1 is 1.50 bits per heavy atom. The summed E-state index contributed by atoms with van der Waals surface area (Å²) in [7, 11) is 1.59. The largest absolute Gasteiger partial charge is 0.377 e. The monoisotopic (exact) mass is 219 g/mol. The molecule has 0 aliphatic carbocycles. The summed E-state index contributed by atoms with van der Waals surface area (Å²) in [6.45, 7) is 0.487. The second-order valence-corrected chi connectivity index (χ2v) is 3.50. The topological polar surface area (TPSA) is 70.1 Å². The number of nitrogens with zero attached hydrogens (tertiary/aromatic N) is 2. The maximum atomic E-state index is 11.0. The van der Waals surface area contributed by atoms with Crippen LogP contribution in [-0.2, 0) is 22.7 Å². The first-order valence-electron chi connectivity index (χ1n) is 4.93. The lowest BCUT2D eigenvalue weighted by Crippen LogP contribution is -2.20. The average molecular weight is 219 g/mol. The van der Waals surface area contributed by atoms with Crippen LogP contribution in [0.5, 0.6) is 0 Å². The normalized spacial score (nSPS) is 10.8. The summed E-state index contributed by atoms with van der Waals surface area (Å²) in [5, 5.41) is 0. The van der Waals surface area contributed by atoms with Gasteiger partial charge in [0.15, 0.2) is 0 Å². The van der Waals surface area contributed by atoms with Crippen LogP contribution in [0.4, 0.5) is 0 Å². The molecule has 5 nitrogen and oxygen atoms in total. The van der Waals surface area contributed by atoms with Crippen molar-refractivity contribution in [3.8, 4) is 0 Å². The molecule has 2 rings (SSSR count). The van der Waals surface area contributed by atoms with Crippen LogP contribution in [-0.4, -0.2) is 22.6 Å². The van der Waals surface area contributed by atoms with Gasteiger partial charge in [-0.3, -0.25) is 4.79 Å². The van der Waals surface area contributed by atoms with Gasteiger partial charge >= 0.3 is 0 Å². The van der Waals surface area contributed by atoms with Crippen molar-refractivity contribution >= 4 is 16.9 Å². The Kier molecular flexibility index (Phi) is 2.87. The number of fused-ring (bicyclic) bond motifs is 1. The third kappa shape index (κ3) is 1.90. The van der Waals surface area contributed by atoms with E-state index in [0.29, 0.717) is 12.4 Å². The lowest BCUT2D eigenvalue weighted by atomic mass is 10.3. The van der Waals surface area contributed by atoms with E-state index in [1.807, 2.05) is 24.3 Å². The van der Waals surface area contributed by atoms with Gasteiger partial charge in [0.2, 0.25) is 5.91 Å². The zero-order valence-corrected chi connectivity index (χ0v) is 9.01. The van der Waals surface area contributed by atoms with Crippen LogP contribution in [0, 0.1) is 0 Å². The van der Waals surface area contributed by atoms with Gasteiger partial charge in [-0.2, -0.15) is 0 Å². The number of aromatic nitrogens is 2. The molecular weight excluding hydrogens is 206 g/mol. The Morgan fingerprint density at radius 2 is 2.25 bits per heavy atom. The highest BCUT2D eigenvalue weighted by Crippen LogP contribution is 2.16. The van der Waals surface area contributed by atoms with E-state index in [2.05, 4.69) is 4.98 Å². The molecule has 0 fully saturated rings. The number of hydrogen-bond acceptors (Lipinski definition) is 3. The molecule has 0 atom stereocenters. The number of hydrogen-bond donors (Lipinski definition) is 1. The van der Waals surface area contributed by atoms with Crippen LogP contribution >= 0.6 is 0 Å². The summed E-state index contributed by atoms with van der Waals surface area (Å²) in [6, 6.07) is 7.61. The first-order chi connectivity index (χ1) is 7.72. The summed E-state index contributed by atoms with van der Waals surface area (Å²) in [5.41, 5.74) is 6.95. The molecule has 0 saturated heterocycles. The van der Waals surface area contributed by atoms with Gasteiger partial charge in [-0.1, -0.05) is 12.1 Å². The highest BCUT2D eigenvalue weighted by atomic mass is 16.5. The number of imidazole rings is 1. The Balaban J connectivity index is 2.54. The number of carbonyl (C=O) groups excluding carboxylic acids is 1. The van der Waals surface area contributed by atoms with Gasteiger partial charge in [-0.05, 0) is 12.1 Å². The maximum Gasteiger partial charge on any atom is 0.237 e. The van der Waals surface area contributed by atoms with Crippen molar-refractivity contribution in [1.29, 1.82) is 0 Å². The number of primary amides is 1. The van der Waals surface area contributed by atoms with Crippen molar-refractivity contribution in [3.05, 3.63) is 30.1 Å². The molecule has 0 aliphatic rings. The van der Waals surface area contributed by atoms with Crippen molar-refractivity contribution in [1.82, 2.24) is 9.55 Å². The van der Waals surface area contributed by atoms with Gasteiger partial charge < -0.3 is 15.0 Å². The van der Waals surface area contributed by atoms with E-state index in [1.165, 1.54) is 0 Å². The average Bonchev–Trinajstić information content (AvgIpc) is 2.57. The predicted molar refractivity (Wildman–Crippen MR) is 59.6 cm³/mol. The van der Waals surface area contributed by atoms with Crippen LogP contribution in [0.3, 0.4) is 0 Å². The summed E-state index contributed by atoms with van der Waals surface area (Å²) < 4.78 is 6.82. The Bertz CT molecular complexity index is 519. The fourth-order valence-corrected chi connectivity index (χ4v) is 1.70. The lowest BCUT2D eigenvalue weighted by molar-refractivity contribution is -0.118. The van der Waals surface area contributed by atoms with E-state index in [9.17, 15) is 4.79 Å². The molecule has 84 valence electrons. The second-order valence-electron chi connectivity index (χ2n) is 3.50. The van der Waals surface area contributed by atoms with Gasteiger partial charge in [0, 0.05) is 7.11 Å². The molecule has 1 aromatic carbocycles. The quantitative estimate of drug-likeness (QED) is 0.821. The SMILES string of the molecule is COCc1nc2ccccc2n1CC(N)=O. The van der Waals surface area contributed by atoms with E-state index in [1.54, 1.807) is 11.7 Å². The van der Waals surface area contributed by atoms with Crippen molar-refractivity contribution in [2.24, 2.45) is 5.73 Å². The molecule has 1 heterocycles. The molecular formula is C11H13N3O2. The van der Waals surface area contributed by atoms with E-state index < -0.39 is 0 Å². The summed E-state index contributed by atoms with van der Waals surface area (Å²) in [4.78, 5) is 15.4. The predicted octanol–water partition coefficient (Wildman–Crippen LogP) is 0.668. The Hall–Kier alpha value is -1.88. The summed E-state index contributed by atoms with van der Waals surface area (Å²) >= 11 is 0. The minimum atomic E-state index is -0.388.